The molecule has 2 heterocycles. The van der Waals surface area contributed by atoms with E-state index in [0.29, 0.717) is 29.5 Å². The molecule has 5 rings (SSSR count). The molecule has 1 fully saturated rings. The zero-order valence-corrected chi connectivity index (χ0v) is 39.6. The van der Waals surface area contributed by atoms with Crippen molar-refractivity contribution in [3.8, 4) is 0 Å². The van der Waals surface area contributed by atoms with Gasteiger partial charge in [0.05, 0.1) is 30.0 Å². The number of carbonyl (C=O) groups is 1. The second kappa shape index (κ2) is 24.1. The van der Waals surface area contributed by atoms with E-state index in [4.69, 9.17) is 14.6 Å². The maximum Gasteiger partial charge on any atom is 1.00 e. The first-order valence-corrected chi connectivity index (χ1v) is 22.2. The molecule has 0 aliphatic carbocycles. The largest absolute Gasteiger partial charge is 1.00 e. The fourth-order valence-electron chi connectivity index (χ4n) is 7.42. The Hall–Kier alpha value is -2.09. The summed E-state index contributed by atoms with van der Waals surface area (Å²) in [5.41, 5.74) is 1.74. The number of amides is 2. The van der Waals surface area contributed by atoms with Gasteiger partial charge in [0.15, 0.2) is 16.1 Å². The number of fused-ring (bicyclic) bond motifs is 1. The van der Waals surface area contributed by atoms with Crippen LogP contribution in [0.3, 0.4) is 0 Å². The predicted molar refractivity (Wildman–Crippen MR) is 219 cm³/mol. The molecule has 60 heavy (non-hydrogen) atoms. The summed E-state index contributed by atoms with van der Waals surface area (Å²) in [6.45, 7) is 4.85. The van der Waals surface area contributed by atoms with E-state index in [-0.39, 0.29) is 86.4 Å². The molecule has 0 saturated carbocycles. The number of benzene rings is 3. The summed E-state index contributed by atoms with van der Waals surface area (Å²) in [6, 6.07) is 19.7. The Balaban J connectivity index is 0.00000241. The second-order valence-corrected chi connectivity index (χ2v) is 17.7. The molecule has 0 aromatic heterocycles. The quantitative estimate of drug-likeness (QED) is 0.0672. The number of nitrogens with one attached hydrogen (secondary N) is 2. The number of hydrogen-bond donors (Lipinski definition) is 6. The van der Waals surface area contributed by atoms with Gasteiger partial charge in [-0.1, -0.05) is 69.2 Å². The summed E-state index contributed by atoms with van der Waals surface area (Å²) >= 11 is 0. The standard InChI is InChI=1S/C38H51N3O12S2.C2H6O.K.H2O/c1-5-7-18-38(6-2)23-54(46,47)30-17-16-27(41(3)4)20-28(30)31(35(38)44)25-14-11-15-26(19-25)39-37(45)40-36-33(43)34(51-21-24-12-9-8-10-13-24)32(42)29(53-36)22-52-55(48,49)50;1-2-3;;/h8-17,19-20,29,31-36,42-44H,5-7,18,21-23H2,1-4H3,(H2,39,40,45)(H,48,49,50);3H,2H2,1H3;;1H2/q;;+1;/p-1/t29-,31-,32-,33-,34+,35-,36-,38-;;;/m1.../s1. The van der Waals surface area contributed by atoms with Crippen LogP contribution in [0, 0.1) is 5.41 Å². The minimum Gasteiger partial charge on any atom is -0.726 e. The molecular formula is C40H58KN3O14S2. The summed E-state index contributed by atoms with van der Waals surface area (Å²) in [4.78, 5) is 15.5. The van der Waals surface area contributed by atoms with Gasteiger partial charge in [0.2, 0.25) is 10.4 Å². The first kappa shape index (κ1) is 54.0. The Labute approximate surface area is 395 Å². The van der Waals surface area contributed by atoms with Gasteiger partial charge in [-0.25, -0.2) is 21.6 Å². The first-order valence-electron chi connectivity index (χ1n) is 19.2. The van der Waals surface area contributed by atoms with Crippen molar-refractivity contribution in [3.63, 3.8) is 0 Å². The van der Waals surface area contributed by atoms with Gasteiger partial charge in [0.25, 0.3) is 0 Å². The minimum atomic E-state index is -5.18. The van der Waals surface area contributed by atoms with Crippen LogP contribution < -0.4 is 66.9 Å². The molecule has 0 bridgehead atoms. The van der Waals surface area contributed by atoms with Gasteiger partial charge in [-0.15, -0.1) is 0 Å². The smallest absolute Gasteiger partial charge is 0.726 e. The molecule has 8 atom stereocenters. The first-order chi connectivity index (χ1) is 27.4. The number of aliphatic hydroxyl groups excluding tert-OH is 4. The fraction of sp³-hybridized carbons (Fsp3) is 0.525. The summed E-state index contributed by atoms with van der Waals surface area (Å²) < 4.78 is 77.4. The van der Waals surface area contributed by atoms with E-state index in [1.807, 2.05) is 32.8 Å². The molecule has 1 saturated heterocycles. The molecule has 3 aromatic rings. The van der Waals surface area contributed by atoms with E-state index in [1.165, 1.54) is 0 Å². The van der Waals surface area contributed by atoms with Crippen LogP contribution in [0.4, 0.5) is 16.2 Å². The molecule has 0 radical (unpaired) electrons. The van der Waals surface area contributed by atoms with Gasteiger partial charge in [0.1, 0.15) is 24.4 Å². The topological polar surface area (TPSA) is 276 Å². The van der Waals surface area contributed by atoms with Crippen LogP contribution in [-0.2, 0) is 40.5 Å². The molecule has 20 heteroatoms. The number of carbonyl (C=O) groups excluding carboxylic acids is 1. The van der Waals surface area contributed by atoms with Gasteiger partial charge in [-0.05, 0) is 66.8 Å². The molecular weight excluding hydrogens is 850 g/mol. The van der Waals surface area contributed by atoms with Crippen molar-refractivity contribution in [2.45, 2.75) is 101 Å². The third kappa shape index (κ3) is 14.0. The van der Waals surface area contributed by atoms with Gasteiger partial charge in [0, 0.05) is 43.4 Å². The van der Waals surface area contributed by atoms with Gasteiger partial charge in [-0.2, -0.15) is 0 Å². The van der Waals surface area contributed by atoms with Gasteiger partial charge < -0.3 is 55.5 Å². The monoisotopic (exact) mass is 907 g/mol. The van der Waals surface area contributed by atoms with E-state index in [2.05, 4.69) is 14.8 Å². The van der Waals surface area contributed by atoms with Crippen molar-refractivity contribution in [1.82, 2.24) is 5.32 Å². The number of unbranched alkanes of at least 4 members (excludes halogenated alkanes) is 1. The number of ether oxygens (including phenoxy) is 2. The van der Waals surface area contributed by atoms with E-state index in [9.17, 15) is 41.5 Å². The Bertz CT molecular complexity index is 2030. The van der Waals surface area contributed by atoms with Crippen LogP contribution >= 0.6 is 0 Å². The van der Waals surface area contributed by atoms with Crippen LogP contribution in [-0.4, -0.2) is 123 Å². The molecule has 0 unspecified atom stereocenters. The molecule has 3 aromatic carbocycles. The predicted octanol–water partition coefficient (Wildman–Crippen LogP) is -0.572. The molecule has 2 amide bonds. The van der Waals surface area contributed by atoms with E-state index < -0.39 is 81.0 Å². The number of anilines is 2. The Morgan fingerprint density at radius 2 is 1.67 bits per heavy atom. The van der Waals surface area contributed by atoms with Crippen LogP contribution in [0.1, 0.15) is 69.1 Å². The summed E-state index contributed by atoms with van der Waals surface area (Å²) in [7, 11) is -5.33. The Morgan fingerprint density at radius 3 is 2.27 bits per heavy atom. The van der Waals surface area contributed by atoms with Crippen molar-refractivity contribution < 1.29 is 117 Å². The average molecular weight is 908 g/mol. The molecule has 0 spiro atoms. The number of aliphatic hydroxyl groups is 4. The van der Waals surface area contributed by atoms with E-state index >= 15 is 0 Å². The van der Waals surface area contributed by atoms with E-state index in [1.54, 1.807) is 79.7 Å². The minimum absolute atomic E-state index is 0. The number of hydrogen-bond acceptors (Lipinski definition) is 14. The third-order valence-corrected chi connectivity index (χ3v) is 12.9. The van der Waals surface area contributed by atoms with Crippen molar-refractivity contribution in [3.05, 3.63) is 89.5 Å². The number of urea groups is 1. The molecule has 2 aliphatic heterocycles. The second-order valence-electron chi connectivity index (χ2n) is 14.7. The van der Waals surface area contributed by atoms with Crippen LogP contribution in [0.25, 0.3) is 0 Å². The molecule has 17 nitrogen and oxygen atoms in total. The van der Waals surface area contributed by atoms with Crippen LogP contribution in [0.2, 0.25) is 0 Å². The van der Waals surface area contributed by atoms with Crippen LogP contribution in [0.15, 0.2) is 77.7 Å². The third-order valence-electron chi connectivity index (χ3n) is 10.5. The number of nitrogens with zero attached hydrogens (tertiary/aromatic N) is 1. The summed E-state index contributed by atoms with van der Waals surface area (Å²) in [6.07, 6.45) is -6.46. The Kier molecular flexibility index (Phi) is 21.7. The fourth-order valence-corrected chi connectivity index (χ4v) is 9.97. The van der Waals surface area contributed by atoms with Crippen molar-refractivity contribution >= 4 is 37.6 Å². The van der Waals surface area contributed by atoms with Crippen molar-refractivity contribution in [2.24, 2.45) is 5.41 Å². The molecule has 2 aliphatic rings. The number of sulfone groups is 1. The van der Waals surface area contributed by atoms with Gasteiger partial charge >= 0.3 is 57.4 Å². The maximum atomic E-state index is 14.0. The zero-order valence-electron chi connectivity index (χ0n) is 34.9. The van der Waals surface area contributed by atoms with Crippen molar-refractivity contribution in [1.29, 1.82) is 0 Å². The normalized spacial score (nSPS) is 25.7. The molecule has 330 valence electrons. The van der Waals surface area contributed by atoms with Crippen molar-refractivity contribution in [2.75, 3.05) is 43.3 Å². The SMILES string of the molecule is CCCC[C@]1(CC)CS(=O)(=O)c2ccc(N(C)C)cc2[C@@H](c2cccc(NC(=O)N[C@@H]3O[C@H](COS(=O)(=O)[O-])[C@@H](O)[C@H](OCc4ccccc4)[C@H]3O)c2)[C@H]1O.CCO.O.[K+]. The molecule has 8 N–H and O–H groups in total. The van der Waals surface area contributed by atoms with Gasteiger partial charge in [-0.3, -0.25) is 4.18 Å². The number of rotatable bonds is 14. The summed E-state index contributed by atoms with van der Waals surface area (Å²) in [5, 5.41) is 47.2. The van der Waals surface area contributed by atoms with E-state index in [0.717, 1.165) is 18.5 Å². The average Bonchev–Trinajstić information content (AvgIpc) is 3.24. The van der Waals surface area contributed by atoms with Crippen LogP contribution in [0.5, 0.6) is 0 Å². The maximum absolute atomic E-state index is 14.0. The summed E-state index contributed by atoms with van der Waals surface area (Å²) in [5.74, 6) is -1.01. The zero-order chi connectivity index (χ0) is 42.8. The Morgan fingerprint density at radius 1 is 1.00 bits per heavy atom.